The van der Waals surface area contributed by atoms with E-state index in [0.717, 1.165) is 22.6 Å². The van der Waals surface area contributed by atoms with Crippen molar-refractivity contribution in [3.63, 3.8) is 0 Å². The van der Waals surface area contributed by atoms with Crippen LogP contribution in [-0.2, 0) is 23.0 Å². The Balaban J connectivity index is 2.11. The Bertz CT molecular complexity index is 673. The Morgan fingerprint density at radius 1 is 1.32 bits per heavy atom. The Morgan fingerprint density at radius 3 is 2.53 bits per heavy atom. The topological polar surface area (TPSA) is 85.1 Å². The van der Waals surface area contributed by atoms with Gasteiger partial charge in [-0.15, -0.1) is 11.3 Å². The Kier molecular flexibility index (Phi) is 4.24. The lowest BCUT2D eigenvalue weighted by atomic mass is 10.4. The molecule has 0 aliphatic carbocycles. The van der Waals surface area contributed by atoms with Crippen LogP contribution in [0.3, 0.4) is 0 Å². The molecule has 5 nitrogen and oxygen atoms in total. The van der Waals surface area contributed by atoms with Crippen LogP contribution in [0.5, 0.6) is 0 Å². The van der Waals surface area contributed by atoms with Gasteiger partial charge in [-0.3, -0.25) is 0 Å². The van der Waals surface area contributed by atoms with Gasteiger partial charge in [-0.1, -0.05) is 18.3 Å². The normalized spacial score (nSPS) is 11.9. The van der Waals surface area contributed by atoms with E-state index < -0.39 is 10.0 Å². The molecule has 0 fully saturated rings. The van der Waals surface area contributed by atoms with Crippen LogP contribution in [0.15, 0.2) is 16.3 Å². The molecule has 0 saturated carbocycles. The highest BCUT2D eigenvalue weighted by Gasteiger charge is 2.21. The number of hydrogen-bond acceptors (Lipinski definition) is 6. The molecule has 19 heavy (non-hydrogen) atoms. The number of hydrogen-bond donors (Lipinski definition) is 2. The molecular weight excluding hydrogens is 302 g/mol. The van der Waals surface area contributed by atoms with Crippen molar-refractivity contribution in [3.05, 3.63) is 27.6 Å². The standard InChI is InChI=1S/C11H15N3O2S3/c1-3-8-4-5-9(17-8)6-13-19(15,16)10-7(2)14-11(12)18-10/h4-5,13H,3,6H2,1-2H3,(H2,12,14). The van der Waals surface area contributed by atoms with Crippen molar-refractivity contribution in [1.29, 1.82) is 0 Å². The largest absolute Gasteiger partial charge is 0.375 e. The van der Waals surface area contributed by atoms with Gasteiger partial charge in [0.15, 0.2) is 9.34 Å². The summed E-state index contributed by atoms with van der Waals surface area (Å²) in [5.41, 5.74) is 5.96. The van der Waals surface area contributed by atoms with E-state index in [1.807, 2.05) is 12.1 Å². The number of rotatable bonds is 5. The Hall–Kier alpha value is -0.960. The minimum Gasteiger partial charge on any atom is -0.375 e. The zero-order valence-electron chi connectivity index (χ0n) is 10.6. The first-order valence-electron chi connectivity index (χ1n) is 5.72. The lowest BCUT2D eigenvalue weighted by Gasteiger charge is -2.03. The summed E-state index contributed by atoms with van der Waals surface area (Å²) in [6.07, 6.45) is 0.960. The van der Waals surface area contributed by atoms with Crippen molar-refractivity contribution in [1.82, 2.24) is 9.71 Å². The minimum atomic E-state index is -3.53. The van der Waals surface area contributed by atoms with Crippen molar-refractivity contribution >= 4 is 37.8 Å². The molecule has 104 valence electrons. The summed E-state index contributed by atoms with van der Waals surface area (Å²) < 4.78 is 27.0. The van der Waals surface area contributed by atoms with E-state index in [1.165, 1.54) is 4.88 Å². The van der Waals surface area contributed by atoms with Crippen LogP contribution >= 0.6 is 22.7 Å². The highest BCUT2D eigenvalue weighted by Crippen LogP contribution is 2.25. The SMILES string of the molecule is CCc1ccc(CNS(=O)(=O)c2sc(N)nc2C)s1. The first kappa shape index (κ1) is 14.4. The predicted molar refractivity (Wildman–Crippen MR) is 79.0 cm³/mol. The van der Waals surface area contributed by atoms with Gasteiger partial charge in [0.2, 0.25) is 0 Å². The average Bonchev–Trinajstić information content (AvgIpc) is 2.93. The molecule has 0 bridgehead atoms. The third-order valence-electron chi connectivity index (χ3n) is 2.52. The van der Waals surface area contributed by atoms with Crippen molar-refractivity contribution in [3.8, 4) is 0 Å². The Morgan fingerprint density at radius 2 is 2.00 bits per heavy atom. The molecule has 2 aromatic heterocycles. The third kappa shape index (κ3) is 3.33. The van der Waals surface area contributed by atoms with Crippen molar-refractivity contribution < 1.29 is 8.42 Å². The smallest absolute Gasteiger partial charge is 0.252 e. The van der Waals surface area contributed by atoms with Crippen LogP contribution in [0.2, 0.25) is 0 Å². The molecule has 2 aromatic rings. The van der Waals surface area contributed by atoms with Gasteiger partial charge in [0.05, 0.1) is 5.69 Å². The monoisotopic (exact) mass is 317 g/mol. The molecular formula is C11H15N3O2S3. The summed E-state index contributed by atoms with van der Waals surface area (Å²) >= 11 is 2.60. The van der Waals surface area contributed by atoms with Crippen LogP contribution in [0.4, 0.5) is 5.13 Å². The molecule has 0 aromatic carbocycles. The molecule has 0 aliphatic heterocycles. The fraction of sp³-hybridized carbons (Fsp3) is 0.364. The van der Waals surface area contributed by atoms with E-state index in [0.29, 0.717) is 12.2 Å². The van der Waals surface area contributed by atoms with Crippen LogP contribution in [-0.4, -0.2) is 13.4 Å². The second-order valence-corrected chi connectivity index (χ2v) is 8.22. The molecule has 0 radical (unpaired) electrons. The van der Waals surface area contributed by atoms with E-state index in [1.54, 1.807) is 18.3 Å². The van der Waals surface area contributed by atoms with Crippen LogP contribution in [0, 0.1) is 6.92 Å². The summed E-state index contributed by atoms with van der Waals surface area (Å²) in [4.78, 5) is 6.17. The molecule has 3 N–H and O–H groups in total. The molecule has 0 spiro atoms. The van der Waals surface area contributed by atoms with Gasteiger partial charge in [0, 0.05) is 16.3 Å². The molecule has 2 rings (SSSR count). The van der Waals surface area contributed by atoms with Gasteiger partial charge in [-0.25, -0.2) is 18.1 Å². The highest BCUT2D eigenvalue weighted by atomic mass is 32.2. The molecule has 2 heterocycles. The van der Waals surface area contributed by atoms with E-state index >= 15 is 0 Å². The quantitative estimate of drug-likeness (QED) is 0.884. The molecule has 0 saturated heterocycles. The molecule has 0 aliphatic rings. The number of nitrogen functional groups attached to an aromatic ring is 1. The van der Waals surface area contributed by atoms with Crippen LogP contribution < -0.4 is 10.5 Å². The van der Waals surface area contributed by atoms with Gasteiger partial charge in [0.25, 0.3) is 10.0 Å². The number of nitrogens with zero attached hydrogens (tertiary/aromatic N) is 1. The van der Waals surface area contributed by atoms with E-state index in [9.17, 15) is 8.42 Å². The maximum atomic E-state index is 12.1. The lowest BCUT2D eigenvalue weighted by molar-refractivity contribution is 0.583. The van der Waals surface area contributed by atoms with Gasteiger partial charge >= 0.3 is 0 Å². The zero-order chi connectivity index (χ0) is 14.0. The minimum absolute atomic E-state index is 0.192. The summed E-state index contributed by atoms with van der Waals surface area (Å²) in [6.45, 7) is 4.01. The fourth-order valence-electron chi connectivity index (χ4n) is 1.59. The number of aryl methyl sites for hydroxylation is 2. The second-order valence-electron chi connectivity index (χ2n) is 3.97. The maximum Gasteiger partial charge on any atom is 0.252 e. The summed E-state index contributed by atoms with van der Waals surface area (Å²) in [5, 5.41) is 0.266. The molecule has 0 unspecified atom stereocenters. The van der Waals surface area contributed by atoms with Crippen LogP contribution in [0.1, 0.15) is 22.4 Å². The van der Waals surface area contributed by atoms with Crippen molar-refractivity contribution in [2.24, 2.45) is 0 Å². The predicted octanol–water partition coefficient (Wildman–Crippen LogP) is 2.14. The molecule has 0 atom stereocenters. The van der Waals surface area contributed by atoms with Crippen molar-refractivity contribution in [2.45, 2.75) is 31.0 Å². The lowest BCUT2D eigenvalue weighted by Crippen LogP contribution is -2.22. The number of aromatic nitrogens is 1. The van der Waals surface area contributed by atoms with Gasteiger partial charge in [0.1, 0.15) is 0 Å². The van der Waals surface area contributed by atoms with E-state index in [4.69, 9.17) is 5.73 Å². The van der Waals surface area contributed by atoms with Crippen molar-refractivity contribution in [2.75, 3.05) is 5.73 Å². The number of sulfonamides is 1. The number of nitrogens with one attached hydrogen (secondary N) is 1. The number of thiazole rings is 1. The maximum absolute atomic E-state index is 12.1. The number of nitrogens with two attached hydrogens (primary N) is 1. The molecule has 0 amide bonds. The van der Waals surface area contributed by atoms with E-state index in [2.05, 4.69) is 16.6 Å². The number of anilines is 1. The van der Waals surface area contributed by atoms with Gasteiger partial charge in [-0.2, -0.15) is 0 Å². The zero-order valence-corrected chi connectivity index (χ0v) is 13.1. The highest BCUT2D eigenvalue weighted by molar-refractivity contribution is 7.91. The fourth-order valence-corrected chi connectivity index (χ4v) is 4.93. The van der Waals surface area contributed by atoms with E-state index in [-0.39, 0.29) is 9.34 Å². The first-order valence-corrected chi connectivity index (χ1v) is 8.84. The summed E-state index contributed by atoms with van der Waals surface area (Å²) in [7, 11) is -3.53. The third-order valence-corrected chi connectivity index (χ3v) is 6.74. The van der Waals surface area contributed by atoms with Gasteiger partial charge in [-0.05, 0) is 25.5 Å². The average molecular weight is 317 g/mol. The second kappa shape index (κ2) is 5.58. The Labute approximate surface area is 120 Å². The van der Waals surface area contributed by atoms with Gasteiger partial charge < -0.3 is 5.73 Å². The molecule has 8 heteroatoms. The first-order chi connectivity index (χ1) is 8.92. The summed E-state index contributed by atoms with van der Waals surface area (Å²) in [6, 6.07) is 3.96. The number of thiophene rings is 1. The van der Waals surface area contributed by atoms with Crippen LogP contribution in [0.25, 0.3) is 0 Å². The summed E-state index contributed by atoms with van der Waals surface area (Å²) in [5.74, 6) is 0.